The molecule has 1 aromatic carbocycles. The van der Waals surface area contributed by atoms with Crippen LogP contribution in [0.2, 0.25) is 0 Å². The Hall–Kier alpha value is -1.55. The smallest absolute Gasteiger partial charge is 0.256 e. The van der Waals surface area contributed by atoms with Gasteiger partial charge in [-0.05, 0) is 87.5 Å². The first-order valence-electron chi connectivity index (χ1n) is 11.5. The quantitative estimate of drug-likeness (QED) is 0.458. The number of benzene rings is 1. The summed E-state index contributed by atoms with van der Waals surface area (Å²) in [5.41, 5.74) is 1.08. The molecule has 0 saturated heterocycles. The molecule has 0 aromatic heterocycles. The maximum absolute atomic E-state index is 13.4. The first kappa shape index (κ1) is 23.7. The van der Waals surface area contributed by atoms with Crippen molar-refractivity contribution in [3.05, 3.63) is 23.8 Å². The maximum atomic E-state index is 13.4. The molecular weight excluding hydrogens is 362 g/mol. The SMILES string of the molecule is CCCOC(CC(C)C)(CC(C)C)C(=O)Nc1ccc(OC2CCCC2)c(C)c1. The number of anilines is 1. The number of carbonyl (C=O) groups excluding carboxylic acids is 1. The van der Waals surface area contributed by atoms with Crippen LogP contribution >= 0.6 is 0 Å². The van der Waals surface area contributed by atoms with Crippen LogP contribution in [-0.2, 0) is 9.53 Å². The Labute approximate surface area is 177 Å². The highest BCUT2D eigenvalue weighted by atomic mass is 16.5. The summed E-state index contributed by atoms with van der Waals surface area (Å²) in [7, 11) is 0. The third-order valence-electron chi connectivity index (χ3n) is 5.50. The predicted octanol–water partition coefficient (Wildman–Crippen LogP) is 6.51. The number of hydrogen-bond donors (Lipinski definition) is 1. The highest BCUT2D eigenvalue weighted by Crippen LogP contribution is 2.32. The van der Waals surface area contributed by atoms with Crippen LogP contribution in [-0.4, -0.2) is 24.2 Å². The third kappa shape index (κ3) is 7.02. The van der Waals surface area contributed by atoms with E-state index in [1.165, 1.54) is 12.8 Å². The number of nitrogens with one attached hydrogen (secondary N) is 1. The normalized spacial score (nSPS) is 15.3. The number of amides is 1. The molecule has 4 heteroatoms. The summed E-state index contributed by atoms with van der Waals surface area (Å²) in [5.74, 6) is 1.64. The lowest BCUT2D eigenvalue weighted by atomic mass is 9.83. The second-order valence-corrected chi connectivity index (χ2v) is 9.50. The summed E-state index contributed by atoms with van der Waals surface area (Å²) < 4.78 is 12.4. The first-order valence-corrected chi connectivity index (χ1v) is 11.5. The van der Waals surface area contributed by atoms with Crippen molar-refractivity contribution in [1.29, 1.82) is 0 Å². The fourth-order valence-corrected chi connectivity index (χ4v) is 4.36. The zero-order valence-electron chi connectivity index (χ0n) is 19.3. The number of carbonyl (C=O) groups is 1. The van der Waals surface area contributed by atoms with Crippen molar-refractivity contribution in [2.75, 3.05) is 11.9 Å². The van der Waals surface area contributed by atoms with E-state index in [-0.39, 0.29) is 5.91 Å². The summed E-state index contributed by atoms with van der Waals surface area (Å²) in [5, 5.41) is 3.14. The lowest BCUT2D eigenvalue weighted by Crippen LogP contribution is -2.47. The molecular formula is C25H41NO3. The molecule has 1 fully saturated rings. The van der Waals surface area contributed by atoms with Crippen LogP contribution in [0.5, 0.6) is 5.75 Å². The van der Waals surface area contributed by atoms with Crippen LogP contribution in [0.3, 0.4) is 0 Å². The van der Waals surface area contributed by atoms with E-state index in [0.717, 1.165) is 49.1 Å². The van der Waals surface area contributed by atoms with Crippen molar-refractivity contribution in [3.8, 4) is 5.75 Å². The zero-order valence-corrected chi connectivity index (χ0v) is 19.3. The van der Waals surface area contributed by atoms with E-state index in [1.807, 2.05) is 25.1 Å². The Morgan fingerprint density at radius 1 is 1.14 bits per heavy atom. The van der Waals surface area contributed by atoms with Crippen LogP contribution in [0.25, 0.3) is 0 Å². The average molecular weight is 404 g/mol. The van der Waals surface area contributed by atoms with Crippen molar-refractivity contribution in [1.82, 2.24) is 0 Å². The minimum atomic E-state index is -0.786. The molecule has 2 rings (SSSR count). The highest BCUT2D eigenvalue weighted by Gasteiger charge is 2.40. The Balaban J connectivity index is 2.16. The molecule has 0 aliphatic heterocycles. The molecule has 0 spiro atoms. The van der Waals surface area contributed by atoms with Gasteiger partial charge in [0.15, 0.2) is 0 Å². The van der Waals surface area contributed by atoms with Crippen LogP contribution in [0.1, 0.15) is 85.1 Å². The van der Waals surface area contributed by atoms with Gasteiger partial charge in [-0.1, -0.05) is 34.6 Å². The van der Waals surface area contributed by atoms with Gasteiger partial charge in [0.05, 0.1) is 6.10 Å². The molecule has 0 radical (unpaired) electrons. The van der Waals surface area contributed by atoms with Gasteiger partial charge >= 0.3 is 0 Å². The van der Waals surface area contributed by atoms with Gasteiger partial charge in [-0.15, -0.1) is 0 Å². The van der Waals surface area contributed by atoms with Gasteiger partial charge in [0.1, 0.15) is 11.4 Å². The van der Waals surface area contributed by atoms with E-state index < -0.39 is 5.60 Å². The Morgan fingerprint density at radius 2 is 1.76 bits per heavy atom. The Kier molecular flexibility index (Phi) is 9.01. The molecule has 4 nitrogen and oxygen atoms in total. The summed E-state index contributed by atoms with van der Waals surface area (Å²) in [6.45, 7) is 13.3. The molecule has 1 aliphatic rings. The molecule has 1 aromatic rings. The van der Waals surface area contributed by atoms with Crippen molar-refractivity contribution in [2.45, 2.75) is 98.2 Å². The molecule has 0 unspecified atom stereocenters. The number of ether oxygens (including phenoxy) is 2. The molecule has 164 valence electrons. The topological polar surface area (TPSA) is 47.6 Å². The molecule has 29 heavy (non-hydrogen) atoms. The minimum absolute atomic E-state index is 0.0304. The molecule has 0 atom stereocenters. The van der Waals surface area contributed by atoms with Gasteiger partial charge in [0, 0.05) is 12.3 Å². The van der Waals surface area contributed by atoms with E-state index in [1.54, 1.807) is 0 Å². The number of rotatable bonds is 11. The second-order valence-electron chi connectivity index (χ2n) is 9.50. The third-order valence-corrected chi connectivity index (χ3v) is 5.50. The van der Waals surface area contributed by atoms with Crippen LogP contribution in [0.15, 0.2) is 18.2 Å². The van der Waals surface area contributed by atoms with E-state index in [0.29, 0.717) is 24.5 Å². The monoisotopic (exact) mass is 403 g/mol. The standard InChI is InChI=1S/C25H41NO3/c1-7-14-28-25(16-18(2)3,17-19(4)5)24(27)26-21-12-13-23(20(6)15-21)29-22-10-8-9-11-22/h12-13,15,18-19,22H,7-11,14,16-17H2,1-6H3,(H,26,27). The largest absolute Gasteiger partial charge is 0.490 e. The molecule has 0 heterocycles. The summed E-state index contributed by atoms with van der Waals surface area (Å²) in [6, 6.07) is 5.95. The lowest BCUT2D eigenvalue weighted by Gasteiger charge is -2.35. The van der Waals surface area contributed by atoms with E-state index in [2.05, 4.69) is 39.9 Å². The fourth-order valence-electron chi connectivity index (χ4n) is 4.36. The Morgan fingerprint density at radius 3 is 2.28 bits per heavy atom. The zero-order chi connectivity index (χ0) is 21.4. The van der Waals surface area contributed by atoms with Gasteiger partial charge < -0.3 is 14.8 Å². The van der Waals surface area contributed by atoms with Crippen molar-refractivity contribution in [2.24, 2.45) is 11.8 Å². The van der Waals surface area contributed by atoms with E-state index >= 15 is 0 Å². The Bertz CT molecular complexity index is 637. The van der Waals surface area contributed by atoms with Crippen LogP contribution in [0, 0.1) is 18.8 Å². The number of hydrogen-bond acceptors (Lipinski definition) is 3. The van der Waals surface area contributed by atoms with Gasteiger partial charge in [0.2, 0.25) is 0 Å². The highest BCUT2D eigenvalue weighted by molar-refractivity contribution is 5.97. The predicted molar refractivity (Wildman–Crippen MR) is 121 cm³/mol. The van der Waals surface area contributed by atoms with Gasteiger partial charge in [-0.25, -0.2) is 0 Å². The van der Waals surface area contributed by atoms with E-state index in [9.17, 15) is 4.79 Å². The van der Waals surface area contributed by atoms with E-state index in [4.69, 9.17) is 9.47 Å². The molecule has 1 aliphatic carbocycles. The number of aryl methyl sites for hydroxylation is 1. The van der Waals surface area contributed by atoms with Crippen molar-refractivity contribution < 1.29 is 14.3 Å². The molecule has 0 bridgehead atoms. The second kappa shape index (κ2) is 11.0. The fraction of sp³-hybridized carbons (Fsp3) is 0.720. The molecule has 1 amide bonds. The molecule has 1 saturated carbocycles. The van der Waals surface area contributed by atoms with Crippen LogP contribution < -0.4 is 10.1 Å². The summed E-state index contributed by atoms with van der Waals surface area (Å²) in [4.78, 5) is 13.4. The van der Waals surface area contributed by atoms with Gasteiger partial charge in [-0.2, -0.15) is 0 Å². The molecule has 1 N–H and O–H groups in total. The van der Waals surface area contributed by atoms with Crippen LogP contribution in [0.4, 0.5) is 5.69 Å². The first-order chi connectivity index (χ1) is 13.8. The lowest BCUT2D eigenvalue weighted by molar-refractivity contribution is -0.147. The summed E-state index contributed by atoms with van der Waals surface area (Å²) >= 11 is 0. The minimum Gasteiger partial charge on any atom is -0.490 e. The van der Waals surface area contributed by atoms with Crippen molar-refractivity contribution in [3.63, 3.8) is 0 Å². The van der Waals surface area contributed by atoms with Gasteiger partial charge in [-0.3, -0.25) is 4.79 Å². The summed E-state index contributed by atoms with van der Waals surface area (Å²) in [6.07, 6.45) is 7.46. The average Bonchev–Trinajstić information content (AvgIpc) is 3.14. The van der Waals surface area contributed by atoms with Crippen molar-refractivity contribution >= 4 is 11.6 Å². The van der Waals surface area contributed by atoms with Gasteiger partial charge in [0.25, 0.3) is 5.91 Å². The maximum Gasteiger partial charge on any atom is 0.256 e.